The first-order valence-corrected chi connectivity index (χ1v) is 18.5. The van der Waals surface area contributed by atoms with Crippen LogP contribution in [0.5, 0.6) is 0 Å². The van der Waals surface area contributed by atoms with Crippen molar-refractivity contribution in [1.29, 1.82) is 0 Å². The number of aliphatic hydroxyl groups excluding tert-OH is 1. The van der Waals surface area contributed by atoms with Crippen LogP contribution in [0.1, 0.15) is 73.2 Å². The molecule has 0 radical (unpaired) electrons. The number of carbonyl (C=O) groups excluding carboxylic acids is 2. The maximum absolute atomic E-state index is 12.9. The summed E-state index contributed by atoms with van der Waals surface area (Å²) in [5.74, 6) is -0.158. The summed E-state index contributed by atoms with van der Waals surface area (Å²) in [7, 11) is 0. The maximum Gasteiger partial charge on any atom is 0.224 e. The molecular formula is C42H51N5O5. The molecule has 3 atom stereocenters. The van der Waals surface area contributed by atoms with Crippen molar-refractivity contribution in [3.8, 4) is 0 Å². The van der Waals surface area contributed by atoms with Gasteiger partial charge in [0.1, 0.15) is 0 Å². The van der Waals surface area contributed by atoms with Gasteiger partial charge in [-0.05, 0) is 53.8 Å². The lowest BCUT2D eigenvalue weighted by molar-refractivity contribution is -0.253. The second-order valence-electron chi connectivity index (χ2n) is 13.8. The molecule has 0 aliphatic carbocycles. The topological polar surface area (TPSA) is 129 Å². The van der Waals surface area contributed by atoms with E-state index < -0.39 is 6.29 Å². The Bertz CT molecular complexity index is 1730. The highest BCUT2D eigenvalue weighted by atomic mass is 16.7. The summed E-state index contributed by atoms with van der Waals surface area (Å²) in [5.41, 5.74) is 11.9. The molecular weight excluding hydrogens is 654 g/mol. The number of carbonyl (C=O) groups is 2. The van der Waals surface area contributed by atoms with E-state index >= 15 is 0 Å². The first-order valence-electron chi connectivity index (χ1n) is 18.5. The Morgan fingerprint density at radius 2 is 1.40 bits per heavy atom. The Morgan fingerprint density at radius 3 is 2.13 bits per heavy atom. The predicted molar refractivity (Wildman–Crippen MR) is 204 cm³/mol. The molecule has 4 aromatic carbocycles. The smallest absolute Gasteiger partial charge is 0.224 e. The lowest BCUT2D eigenvalue weighted by Gasteiger charge is -2.41. The number of para-hydroxylation sites is 2. The van der Waals surface area contributed by atoms with Gasteiger partial charge in [-0.1, -0.05) is 85.3 Å². The van der Waals surface area contributed by atoms with Crippen LogP contribution >= 0.6 is 0 Å². The Morgan fingerprint density at radius 1 is 0.712 bits per heavy atom. The number of hydrogen-bond donors (Lipinski definition) is 4. The third kappa shape index (κ3) is 11.0. The average molecular weight is 706 g/mol. The fourth-order valence-corrected chi connectivity index (χ4v) is 6.85. The van der Waals surface area contributed by atoms with E-state index in [4.69, 9.17) is 15.2 Å². The van der Waals surface area contributed by atoms with Crippen LogP contribution in [-0.2, 0) is 32.2 Å². The number of piperazine rings is 1. The monoisotopic (exact) mass is 705 g/mol. The lowest BCUT2D eigenvalue weighted by Crippen LogP contribution is -2.49. The molecule has 6 rings (SSSR count). The van der Waals surface area contributed by atoms with E-state index in [0.29, 0.717) is 42.7 Å². The van der Waals surface area contributed by atoms with Crippen molar-refractivity contribution in [3.63, 3.8) is 0 Å². The number of nitrogen functional groups attached to an aromatic ring is 1. The summed E-state index contributed by atoms with van der Waals surface area (Å²) in [6, 6.07) is 33.5. The molecule has 5 N–H and O–H groups in total. The third-order valence-corrected chi connectivity index (χ3v) is 9.78. The predicted octanol–water partition coefficient (Wildman–Crippen LogP) is 6.65. The van der Waals surface area contributed by atoms with Gasteiger partial charge in [0.2, 0.25) is 11.8 Å². The number of rotatable bonds is 15. The van der Waals surface area contributed by atoms with E-state index in [1.165, 1.54) is 5.56 Å². The van der Waals surface area contributed by atoms with E-state index in [1.54, 1.807) is 12.1 Å². The highest BCUT2D eigenvalue weighted by Gasteiger charge is 2.34. The molecule has 10 nitrogen and oxygen atoms in total. The molecule has 2 aliphatic heterocycles. The van der Waals surface area contributed by atoms with Gasteiger partial charge in [-0.3, -0.25) is 19.4 Å². The summed E-state index contributed by atoms with van der Waals surface area (Å²) in [6.45, 7) is 5.74. The van der Waals surface area contributed by atoms with Crippen LogP contribution in [0.2, 0.25) is 0 Å². The number of amides is 2. The van der Waals surface area contributed by atoms with Crippen LogP contribution in [-0.4, -0.2) is 65.5 Å². The van der Waals surface area contributed by atoms with Crippen molar-refractivity contribution >= 4 is 28.9 Å². The molecule has 274 valence electrons. The first kappa shape index (κ1) is 37.2. The van der Waals surface area contributed by atoms with Gasteiger partial charge in [0.05, 0.1) is 30.2 Å². The van der Waals surface area contributed by atoms with Gasteiger partial charge in [0.15, 0.2) is 6.29 Å². The Kier molecular flexibility index (Phi) is 13.4. The van der Waals surface area contributed by atoms with Crippen molar-refractivity contribution in [2.45, 2.75) is 70.2 Å². The molecule has 2 heterocycles. The van der Waals surface area contributed by atoms with E-state index in [0.717, 1.165) is 68.8 Å². The second-order valence-corrected chi connectivity index (χ2v) is 13.8. The zero-order chi connectivity index (χ0) is 36.1. The van der Waals surface area contributed by atoms with Crippen molar-refractivity contribution in [2.24, 2.45) is 0 Å². The molecule has 0 bridgehead atoms. The number of anilines is 3. The summed E-state index contributed by atoms with van der Waals surface area (Å²) < 4.78 is 13.2. The van der Waals surface area contributed by atoms with Crippen molar-refractivity contribution < 1.29 is 24.2 Å². The van der Waals surface area contributed by atoms with E-state index in [2.05, 4.69) is 50.8 Å². The molecule has 0 unspecified atom stereocenters. The Labute approximate surface area is 306 Å². The number of benzene rings is 4. The number of nitrogens with zero attached hydrogens (tertiary/aromatic N) is 2. The SMILES string of the molecule is Nc1ccccc1NC(=O)CCCCCC(=O)Nc1cccc([C@@H]2O[C@H](CN3CCN(Cc4ccccc4)CC3)C[C@H](c3ccc(CO)cc3)O2)c1. The number of unbranched alkanes of at least 4 members (excludes halogenated alkanes) is 2. The fourth-order valence-electron chi connectivity index (χ4n) is 6.85. The molecule has 0 aromatic heterocycles. The van der Waals surface area contributed by atoms with Gasteiger partial charge in [-0.25, -0.2) is 0 Å². The van der Waals surface area contributed by atoms with Crippen molar-refractivity contribution in [3.05, 3.63) is 125 Å². The van der Waals surface area contributed by atoms with E-state index in [9.17, 15) is 14.7 Å². The highest BCUT2D eigenvalue weighted by Crippen LogP contribution is 2.39. The zero-order valence-corrected chi connectivity index (χ0v) is 29.8. The normalized spacial score (nSPS) is 19.6. The van der Waals surface area contributed by atoms with E-state index in [-0.39, 0.29) is 30.6 Å². The van der Waals surface area contributed by atoms with Gasteiger partial charge < -0.3 is 30.9 Å². The van der Waals surface area contributed by atoms with Gasteiger partial charge in [0.25, 0.3) is 0 Å². The van der Waals surface area contributed by atoms with Crippen molar-refractivity contribution in [1.82, 2.24) is 9.80 Å². The Balaban J connectivity index is 1.01. The number of aliphatic hydroxyl groups is 1. The van der Waals surface area contributed by atoms with E-state index in [1.807, 2.05) is 60.7 Å². The largest absolute Gasteiger partial charge is 0.397 e. The summed E-state index contributed by atoms with van der Waals surface area (Å²) >= 11 is 0. The van der Waals surface area contributed by atoms with Gasteiger partial charge in [0, 0.05) is 69.8 Å². The molecule has 52 heavy (non-hydrogen) atoms. The summed E-state index contributed by atoms with van der Waals surface area (Å²) in [6.07, 6.45) is 2.75. The number of ether oxygens (including phenoxy) is 2. The molecule has 2 amide bonds. The third-order valence-electron chi connectivity index (χ3n) is 9.78. The number of nitrogens with one attached hydrogen (secondary N) is 2. The minimum atomic E-state index is -0.602. The quantitative estimate of drug-likeness (QED) is 0.0800. The van der Waals surface area contributed by atoms with Crippen LogP contribution in [0, 0.1) is 0 Å². The maximum atomic E-state index is 12.9. The highest BCUT2D eigenvalue weighted by molar-refractivity contribution is 5.93. The van der Waals surface area contributed by atoms with Crippen LogP contribution in [0.15, 0.2) is 103 Å². The molecule has 10 heteroatoms. The molecule has 2 aliphatic rings. The first-order chi connectivity index (χ1) is 25.4. The number of hydrogen-bond acceptors (Lipinski definition) is 8. The summed E-state index contributed by atoms with van der Waals surface area (Å²) in [5, 5.41) is 15.5. The molecule has 2 fully saturated rings. The molecule has 2 saturated heterocycles. The zero-order valence-electron chi connectivity index (χ0n) is 29.8. The lowest BCUT2D eigenvalue weighted by atomic mass is 9.99. The Hall–Kier alpha value is -4.58. The second kappa shape index (κ2) is 18.8. The van der Waals surface area contributed by atoms with Crippen LogP contribution in [0.4, 0.5) is 17.1 Å². The molecule has 4 aromatic rings. The summed E-state index contributed by atoms with van der Waals surface area (Å²) in [4.78, 5) is 30.2. The molecule has 0 spiro atoms. The molecule has 0 saturated carbocycles. The van der Waals surface area contributed by atoms with Crippen LogP contribution in [0.3, 0.4) is 0 Å². The van der Waals surface area contributed by atoms with Crippen molar-refractivity contribution in [2.75, 3.05) is 49.1 Å². The standard InChI is InChI=1S/C42H51N5O5/c43-37-14-7-8-15-38(37)45-41(50)17-6-2-5-16-40(49)44-35-13-9-12-34(26-35)42-51-36(27-39(52-42)33-20-18-32(30-48)19-21-33)29-47-24-22-46(23-25-47)28-31-10-3-1-4-11-31/h1,3-4,7-15,18-21,26,36,39,42,48H,2,5-6,16-17,22-25,27-30,43H2,(H,44,49)(H,45,50)/t36-,39+,42+/m0/s1. The number of nitrogens with two attached hydrogens (primary N) is 1. The minimum absolute atomic E-state index is 0.00321. The van der Waals surface area contributed by atoms with Crippen LogP contribution < -0.4 is 16.4 Å². The van der Waals surface area contributed by atoms with Gasteiger partial charge in [-0.15, -0.1) is 0 Å². The average Bonchev–Trinajstić information content (AvgIpc) is 3.17. The minimum Gasteiger partial charge on any atom is -0.397 e. The van der Waals surface area contributed by atoms with Crippen LogP contribution in [0.25, 0.3) is 0 Å². The fraction of sp³-hybridized carbons (Fsp3) is 0.381. The van der Waals surface area contributed by atoms with Gasteiger partial charge >= 0.3 is 0 Å². The van der Waals surface area contributed by atoms with Gasteiger partial charge in [-0.2, -0.15) is 0 Å².